The Labute approximate surface area is 123 Å². The van der Waals surface area contributed by atoms with Gasteiger partial charge >= 0.3 is 6.09 Å². The molecule has 0 unspecified atom stereocenters. The van der Waals surface area contributed by atoms with E-state index in [1.54, 1.807) is 0 Å². The highest BCUT2D eigenvalue weighted by Gasteiger charge is 2.39. The number of cyclic esters (lactones) is 1. The molecule has 0 saturated carbocycles. The van der Waals surface area contributed by atoms with E-state index in [1.165, 1.54) is 4.90 Å². The predicted octanol–water partition coefficient (Wildman–Crippen LogP) is 1.31. The number of carbonyl (C=O) groups excluding carboxylic acids is 3. The molecule has 2 aliphatic heterocycles. The SMILES string of the molecule is O=C([C@@H]1CC=CCC1)N1CCC(N2C(=O)COC2=O)CC1. The Morgan fingerprint density at radius 2 is 1.90 bits per heavy atom. The van der Waals surface area contributed by atoms with E-state index < -0.39 is 6.09 Å². The van der Waals surface area contributed by atoms with Crippen molar-refractivity contribution >= 4 is 17.9 Å². The van der Waals surface area contributed by atoms with Crippen LogP contribution in [-0.2, 0) is 14.3 Å². The van der Waals surface area contributed by atoms with Gasteiger partial charge in [0, 0.05) is 25.0 Å². The average molecular weight is 292 g/mol. The normalized spacial score (nSPS) is 27.1. The number of piperidine rings is 1. The van der Waals surface area contributed by atoms with Crippen LogP contribution in [0.15, 0.2) is 12.2 Å². The second-order valence-electron chi connectivity index (χ2n) is 5.86. The third-order valence-electron chi connectivity index (χ3n) is 4.54. The van der Waals surface area contributed by atoms with E-state index >= 15 is 0 Å². The van der Waals surface area contributed by atoms with Gasteiger partial charge in [-0.1, -0.05) is 12.2 Å². The molecule has 21 heavy (non-hydrogen) atoms. The first-order valence-corrected chi connectivity index (χ1v) is 7.59. The Hall–Kier alpha value is -1.85. The maximum Gasteiger partial charge on any atom is 0.417 e. The van der Waals surface area contributed by atoms with Gasteiger partial charge in [-0.05, 0) is 32.1 Å². The van der Waals surface area contributed by atoms with Crippen molar-refractivity contribution in [3.63, 3.8) is 0 Å². The Kier molecular flexibility index (Phi) is 3.94. The molecule has 0 aromatic heterocycles. The third-order valence-corrected chi connectivity index (χ3v) is 4.54. The second-order valence-corrected chi connectivity index (χ2v) is 5.86. The molecule has 0 aromatic carbocycles. The van der Waals surface area contributed by atoms with Crippen LogP contribution in [0.5, 0.6) is 0 Å². The standard InChI is InChI=1S/C15H20N2O4/c18-13-10-21-15(20)17(13)12-6-8-16(9-7-12)14(19)11-4-2-1-3-5-11/h1-2,11-12H,3-10H2/t11-/m1/s1. The summed E-state index contributed by atoms with van der Waals surface area (Å²) in [6.45, 7) is 1.08. The van der Waals surface area contributed by atoms with Crippen molar-refractivity contribution in [2.24, 2.45) is 5.92 Å². The quantitative estimate of drug-likeness (QED) is 0.720. The summed E-state index contributed by atoms with van der Waals surface area (Å²) < 4.78 is 4.75. The minimum atomic E-state index is -0.540. The van der Waals surface area contributed by atoms with Crippen LogP contribution in [0.4, 0.5) is 4.79 Å². The number of nitrogens with zero attached hydrogens (tertiary/aromatic N) is 2. The van der Waals surface area contributed by atoms with Gasteiger partial charge in [-0.3, -0.25) is 9.59 Å². The van der Waals surface area contributed by atoms with Crippen molar-refractivity contribution in [2.75, 3.05) is 19.7 Å². The first kappa shape index (κ1) is 14.1. The summed E-state index contributed by atoms with van der Waals surface area (Å²) in [5.74, 6) is 0.0558. The van der Waals surface area contributed by atoms with Crippen LogP contribution in [-0.4, -0.2) is 53.4 Å². The lowest BCUT2D eigenvalue weighted by Crippen LogP contribution is -2.49. The smallest absolute Gasteiger partial charge is 0.417 e. The Morgan fingerprint density at radius 1 is 1.14 bits per heavy atom. The summed E-state index contributed by atoms with van der Waals surface area (Å²) in [7, 11) is 0. The van der Waals surface area contributed by atoms with Crippen LogP contribution >= 0.6 is 0 Å². The number of amides is 3. The van der Waals surface area contributed by atoms with E-state index in [4.69, 9.17) is 4.74 Å². The largest absolute Gasteiger partial charge is 0.439 e. The van der Waals surface area contributed by atoms with Crippen molar-refractivity contribution in [1.82, 2.24) is 9.80 Å². The lowest BCUT2D eigenvalue weighted by atomic mass is 9.92. The Balaban J connectivity index is 1.55. The Bertz CT molecular complexity index is 464. The summed E-state index contributed by atoms with van der Waals surface area (Å²) in [5.41, 5.74) is 0. The number of ether oxygens (including phenoxy) is 1. The van der Waals surface area contributed by atoms with E-state index in [2.05, 4.69) is 12.2 Å². The molecule has 0 N–H and O–H groups in total. The molecule has 0 spiro atoms. The number of allylic oxidation sites excluding steroid dienone is 2. The fraction of sp³-hybridized carbons (Fsp3) is 0.667. The van der Waals surface area contributed by atoms with Crippen molar-refractivity contribution in [3.8, 4) is 0 Å². The first-order chi connectivity index (χ1) is 10.2. The van der Waals surface area contributed by atoms with Crippen molar-refractivity contribution < 1.29 is 19.1 Å². The lowest BCUT2D eigenvalue weighted by Gasteiger charge is -2.36. The van der Waals surface area contributed by atoms with E-state index in [0.29, 0.717) is 25.9 Å². The van der Waals surface area contributed by atoms with Crippen LogP contribution in [0.1, 0.15) is 32.1 Å². The van der Waals surface area contributed by atoms with Crippen LogP contribution in [0, 0.1) is 5.92 Å². The minimum absolute atomic E-state index is 0.102. The second kappa shape index (κ2) is 5.87. The van der Waals surface area contributed by atoms with Crippen LogP contribution in [0.25, 0.3) is 0 Å². The fourth-order valence-corrected chi connectivity index (χ4v) is 3.34. The van der Waals surface area contributed by atoms with Gasteiger partial charge in [0.1, 0.15) is 0 Å². The van der Waals surface area contributed by atoms with Crippen molar-refractivity contribution in [1.29, 1.82) is 0 Å². The van der Waals surface area contributed by atoms with Gasteiger partial charge in [0.15, 0.2) is 6.61 Å². The molecule has 0 bridgehead atoms. The number of likely N-dealkylation sites (tertiary alicyclic amines) is 1. The van der Waals surface area contributed by atoms with Gasteiger partial charge in [-0.15, -0.1) is 0 Å². The number of imide groups is 1. The zero-order valence-electron chi connectivity index (χ0n) is 12.0. The van der Waals surface area contributed by atoms with Crippen molar-refractivity contribution in [2.45, 2.75) is 38.1 Å². The molecule has 0 aromatic rings. The molecular formula is C15H20N2O4. The Morgan fingerprint density at radius 3 is 2.48 bits per heavy atom. The average Bonchev–Trinajstić information content (AvgIpc) is 2.87. The molecule has 2 heterocycles. The van der Waals surface area contributed by atoms with Gasteiger partial charge in [-0.2, -0.15) is 0 Å². The van der Waals surface area contributed by atoms with E-state index in [1.807, 2.05) is 4.90 Å². The molecule has 6 nitrogen and oxygen atoms in total. The lowest BCUT2D eigenvalue weighted by molar-refractivity contribution is -0.137. The first-order valence-electron chi connectivity index (χ1n) is 7.59. The molecule has 6 heteroatoms. The highest BCUT2D eigenvalue weighted by atomic mass is 16.6. The van der Waals surface area contributed by atoms with Gasteiger partial charge < -0.3 is 9.64 Å². The van der Waals surface area contributed by atoms with E-state index in [9.17, 15) is 14.4 Å². The summed E-state index contributed by atoms with van der Waals surface area (Å²) >= 11 is 0. The zero-order valence-corrected chi connectivity index (χ0v) is 12.0. The molecule has 2 fully saturated rings. The maximum absolute atomic E-state index is 12.4. The van der Waals surface area contributed by atoms with E-state index in [0.717, 1.165) is 19.3 Å². The maximum atomic E-state index is 12.4. The van der Waals surface area contributed by atoms with Gasteiger partial charge in [0.25, 0.3) is 5.91 Å². The highest BCUT2D eigenvalue weighted by Crippen LogP contribution is 2.25. The topological polar surface area (TPSA) is 66.9 Å². The molecule has 114 valence electrons. The number of carbonyl (C=O) groups is 3. The minimum Gasteiger partial charge on any atom is -0.439 e. The van der Waals surface area contributed by atoms with E-state index in [-0.39, 0.29) is 30.4 Å². The van der Waals surface area contributed by atoms with Gasteiger partial charge in [-0.25, -0.2) is 9.69 Å². The molecule has 1 atom stereocenters. The molecule has 3 rings (SSSR count). The summed E-state index contributed by atoms with van der Waals surface area (Å²) in [5, 5.41) is 0. The number of hydrogen-bond donors (Lipinski definition) is 0. The molecule has 0 radical (unpaired) electrons. The van der Waals surface area contributed by atoms with Crippen molar-refractivity contribution in [3.05, 3.63) is 12.2 Å². The number of hydrogen-bond acceptors (Lipinski definition) is 4. The van der Waals surface area contributed by atoms with Crippen LogP contribution < -0.4 is 0 Å². The van der Waals surface area contributed by atoms with Gasteiger partial charge in [0.2, 0.25) is 5.91 Å². The predicted molar refractivity (Wildman–Crippen MR) is 74.3 cm³/mol. The van der Waals surface area contributed by atoms with Crippen LogP contribution in [0.3, 0.4) is 0 Å². The van der Waals surface area contributed by atoms with Gasteiger partial charge in [0.05, 0.1) is 0 Å². The molecule has 3 amide bonds. The molecule has 2 saturated heterocycles. The zero-order chi connectivity index (χ0) is 14.8. The molecular weight excluding hydrogens is 272 g/mol. The molecule has 1 aliphatic carbocycles. The fourth-order valence-electron chi connectivity index (χ4n) is 3.34. The third kappa shape index (κ3) is 2.80. The summed E-state index contributed by atoms with van der Waals surface area (Å²) in [4.78, 5) is 38.7. The summed E-state index contributed by atoms with van der Waals surface area (Å²) in [6.07, 6.45) is 7.69. The molecule has 3 aliphatic rings. The number of rotatable bonds is 2. The highest BCUT2D eigenvalue weighted by molar-refractivity contribution is 5.98. The summed E-state index contributed by atoms with van der Waals surface area (Å²) in [6, 6.07) is -0.122. The van der Waals surface area contributed by atoms with Crippen LogP contribution in [0.2, 0.25) is 0 Å². The monoisotopic (exact) mass is 292 g/mol.